The van der Waals surface area contributed by atoms with E-state index >= 15 is 0 Å². The van der Waals surface area contributed by atoms with E-state index in [9.17, 15) is 4.79 Å². The maximum Gasteiger partial charge on any atom is 0.223 e. The molecule has 1 heterocycles. The molecule has 0 radical (unpaired) electrons. The van der Waals surface area contributed by atoms with Gasteiger partial charge < -0.3 is 4.90 Å². The monoisotopic (exact) mass is 394 g/mol. The van der Waals surface area contributed by atoms with E-state index in [1.165, 1.54) is 0 Å². The fraction of sp³-hybridized carbons (Fsp3) is 0.158. The van der Waals surface area contributed by atoms with Gasteiger partial charge in [0.05, 0.1) is 28.0 Å². The fourth-order valence-corrected chi connectivity index (χ4v) is 2.97. The smallest absolute Gasteiger partial charge is 0.223 e. The zero-order chi connectivity index (χ0) is 17.1. The van der Waals surface area contributed by atoms with Crippen LogP contribution in [0.2, 0.25) is 10.0 Å². The lowest BCUT2D eigenvalue weighted by atomic mass is 10.1. The average Bonchev–Trinajstić information content (AvgIpc) is 2.75. The molecule has 0 spiro atoms. The Balaban J connectivity index is 0.00000225. The van der Waals surface area contributed by atoms with Crippen LogP contribution in [-0.2, 0) is 4.79 Å². The topological polar surface area (TPSA) is 32.7 Å². The third kappa shape index (κ3) is 4.43. The summed E-state index contributed by atoms with van der Waals surface area (Å²) in [7, 11) is 0. The van der Waals surface area contributed by atoms with Crippen molar-refractivity contribution >= 4 is 59.0 Å². The lowest BCUT2D eigenvalue weighted by Crippen LogP contribution is -2.30. The molecule has 6 heteroatoms. The second-order valence-electron chi connectivity index (χ2n) is 5.46. The number of amides is 1. The Morgan fingerprint density at radius 2 is 1.88 bits per heavy atom. The molecule has 1 aliphatic heterocycles. The number of benzene rings is 2. The number of aliphatic imine (C=N–C) groups is 1. The molecule has 1 amide bonds. The number of nitrogens with zero attached hydrogens (tertiary/aromatic N) is 2. The molecule has 2 aromatic carbocycles. The van der Waals surface area contributed by atoms with E-state index in [4.69, 9.17) is 23.2 Å². The summed E-state index contributed by atoms with van der Waals surface area (Å²) >= 11 is 12.0. The van der Waals surface area contributed by atoms with Crippen LogP contribution in [0.5, 0.6) is 0 Å². The molecular weight excluding hydrogens is 379 g/mol. The summed E-state index contributed by atoms with van der Waals surface area (Å²) in [6.45, 7) is 2.72. The number of allylic oxidation sites excluding steroid dienone is 1. The Kier molecular flexibility index (Phi) is 6.65. The van der Waals surface area contributed by atoms with Gasteiger partial charge in [-0.3, -0.25) is 9.79 Å². The molecule has 0 aliphatic carbocycles. The molecule has 0 N–H and O–H groups in total. The van der Waals surface area contributed by atoms with Gasteiger partial charge in [0.2, 0.25) is 5.91 Å². The molecule has 0 saturated carbocycles. The fourth-order valence-electron chi connectivity index (χ4n) is 2.66. The summed E-state index contributed by atoms with van der Waals surface area (Å²) in [4.78, 5) is 18.3. The standard InChI is InChI=1S/C19H16Cl2N2O.ClH/c1-13(24)23-11-10-22-18(15-4-2-3-5-19(15)23)9-7-14-6-8-16(20)17(21)12-14;/h2-9,12H,10-11H2,1H3;1H/b9-7+;. The van der Waals surface area contributed by atoms with Crippen molar-refractivity contribution < 1.29 is 4.79 Å². The van der Waals surface area contributed by atoms with Gasteiger partial charge in [0.15, 0.2) is 0 Å². The number of hydrogen-bond donors (Lipinski definition) is 0. The highest BCUT2D eigenvalue weighted by molar-refractivity contribution is 6.42. The zero-order valence-electron chi connectivity index (χ0n) is 13.6. The van der Waals surface area contributed by atoms with Crippen molar-refractivity contribution in [1.29, 1.82) is 0 Å². The van der Waals surface area contributed by atoms with E-state index in [0.717, 1.165) is 22.5 Å². The van der Waals surface area contributed by atoms with Crippen molar-refractivity contribution in [3.8, 4) is 0 Å². The number of anilines is 1. The second-order valence-corrected chi connectivity index (χ2v) is 6.28. The molecule has 3 nitrogen and oxygen atoms in total. The number of benzodiazepines with no additional fused rings is 1. The lowest BCUT2D eigenvalue weighted by molar-refractivity contribution is -0.116. The summed E-state index contributed by atoms with van der Waals surface area (Å²) in [6.07, 6.45) is 3.89. The van der Waals surface area contributed by atoms with Crippen molar-refractivity contribution in [3.63, 3.8) is 0 Å². The minimum absolute atomic E-state index is 0. The SMILES string of the molecule is CC(=O)N1CCN=C(/C=C/c2ccc(Cl)c(Cl)c2)c2ccccc21.Cl. The van der Waals surface area contributed by atoms with E-state index in [-0.39, 0.29) is 18.3 Å². The van der Waals surface area contributed by atoms with Crippen LogP contribution < -0.4 is 4.90 Å². The first-order valence-electron chi connectivity index (χ1n) is 7.61. The Labute approximate surface area is 163 Å². The number of para-hydroxylation sites is 1. The van der Waals surface area contributed by atoms with Gasteiger partial charge in [-0.15, -0.1) is 12.4 Å². The predicted molar refractivity (Wildman–Crippen MR) is 109 cm³/mol. The van der Waals surface area contributed by atoms with Crippen molar-refractivity contribution in [2.45, 2.75) is 6.92 Å². The van der Waals surface area contributed by atoms with Crippen LogP contribution in [0.15, 0.2) is 53.5 Å². The van der Waals surface area contributed by atoms with Gasteiger partial charge in [0.1, 0.15) is 0 Å². The third-order valence-corrected chi connectivity index (χ3v) is 4.57. The molecule has 130 valence electrons. The van der Waals surface area contributed by atoms with Gasteiger partial charge in [-0.2, -0.15) is 0 Å². The first-order chi connectivity index (χ1) is 11.6. The van der Waals surface area contributed by atoms with Crippen LogP contribution in [-0.4, -0.2) is 24.7 Å². The first-order valence-corrected chi connectivity index (χ1v) is 8.37. The van der Waals surface area contributed by atoms with E-state index in [1.54, 1.807) is 17.9 Å². The second kappa shape index (κ2) is 8.52. The molecule has 2 aromatic rings. The minimum atomic E-state index is 0. The van der Waals surface area contributed by atoms with Crippen molar-refractivity contribution in [3.05, 3.63) is 69.7 Å². The Morgan fingerprint density at radius 1 is 1.12 bits per heavy atom. The minimum Gasteiger partial charge on any atom is -0.310 e. The van der Waals surface area contributed by atoms with Gasteiger partial charge in [-0.05, 0) is 29.8 Å². The summed E-state index contributed by atoms with van der Waals surface area (Å²) < 4.78 is 0. The van der Waals surface area contributed by atoms with Crippen LogP contribution in [0.1, 0.15) is 18.1 Å². The third-order valence-electron chi connectivity index (χ3n) is 3.83. The normalized spacial score (nSPS) is 13.7. The summed E-state index contributed by atoms with van der Waals surface area (Å²) in [5.74, 6) is 0.0207. The van der Waals surface area contributed by atoms with Gasteiger partial charge >= 0.3 is 0 Å². The van der Waals surface area contributed by atoms with Crippen LogP contribution in [0, 0.1) is 0 Å². The maximum atomic E-state index is 11.9. The molecular formula is C19H17Cl3N2O. The molecule has 3 rings (SSSR count). The Morgan fingerprint density at radius 3 is 2.60 bits per heavy atom. The van der Waals surface area contributed by atoms with E-state index < -0.39 is 0 Å². The summed E-state index contributed by atoms with van der Waals surface area (Å²) in [6, 6.07) is 13.3. The number of halogens is 3. The van der Waals surface area contributed by atoms with Crippen LogP contribution in [0.3, 0.4) is 0 Å². The molecule has 0 unspecified atom stereocenters. The quantitative estimate of drug-likeness (QED) is 0.680. The van der Waals surface area contributed by atoms with Gasteiger partial charge in [-0.1, -0.05) is 53.5 Å². The van der Waals surface area contributed by atoms with Crippen molar-refractivity contribution in [2.75, 3.05) is 18.0 Å². The highest BCUT2D eigenvalue weighted by atomic mass is 35.5. The van der Waals surface area contributed by atoms with Crippen LogP contribution in [0.4, 0.5) is 5.69 Å². The number of hydrogen-bond acceptors (Lipinski definition) is 2. The van der Waals surface area contributed by atoms with Gasteiger partial charge in [0, 0.05) is 19.0 Å². The number of rotatable bonds is 2. The molecule has 0 aromatic heterocycles. The summed E-state index contributed by atoms with van der Waals surface area (Å²) in [5.41, 5.74) is 3.62. The number of carbonyl (C=O) groups is 1. The van der Waals surface area contributed by atoms with Crippen LogP contribution >= 0.6 is 35.6 Å². The molecule has 0 fully saturated rings. The van der Waals surface area contributed by atoms with Gasteiger partial charge in [0.25, 0.3) is 0 Å². The Bertz CT molecular complexity index is 846. The highest BCUT2D eigenvalue weighted by Gasteiger charge is 2.19. The molecule has 0 saturated heterocycles. The molecule has 25 heavy (non-hydrogen) atoms. The van der Waals surface area contributed by atoms with Crippen LogP contribution in [0.25, 0.3) is 6.08 Å². The molecule has 1 aliphatic rings. The van der Waals surface area contributed by atoms with Crippen molar-refractivity contribution in [2.24, 2.45) is 4.99 Å². The lowest BCUT2D eigenvalue weighted by Gasteiger charge is -2.20. The van der Waals surface area contributed by atoms with Crippen molar-refractivity contribution in [1.82, 2.24) is 0 Å². The zero-order valence-corrected chi connectivity index (χ0v) is 15.9. The first kappa shape index (κ1) is 19.5. The van der Waals surface area contributed by atoms with Gasteiger partial charge in [-0.25, -0.2) is 0 Å². The largest absolute Gasteiger partial charge is 0.310 e. The summed E-state index contributed by atoms with van der Waals surface area (Å²) in [5, 5.41) is 1.05. The average molecular weight is 396 g/mol. The van der Waals surface area contributed by atoms with E-state index in [2.05, 4.69) is 4.99 Å². The number of carbonyl (C=O) groups excluding carboxylic acids is 1. The molecule has 0 bridgehead atoms. The Hall–Kier alpha value is -1.81. The predicted octanol–water partition coefficient (Wildman–Crippen LogP) is 5.28. The highest BCUT2D eigenvalue weighted by Crippen LogP contribution is 2.26. The van der Waals surface area contributed by atoms with E-state index in [0.29, 0.717) is 23.1 Å². The maximum absolute atomic E-state index is 11.9. The molecule has 0 atom stereocenters. The number of fused-ring (bicyclic) bond motifs is 1. The van der Waals surface area contributed by atoms with E-state index in [1.807, 2.05) is 48.6 Å².